The molecule has 4 fully saturated rings. The van der Waals surface area contributed by atoms with Gasteiger partial charge in [0.15, 0.2) is 0 Å². The van der Waals surface area contributed by atoms with E-state index in [2.05, 4.69) is 54.5 Å². The Hall–Kier alpha value is -0.670. The van der Waals surface area contributed by atoms with Crippen molar-refractivity contribution >= 4 is 5.78 Å². The van der Waals surface area contributed by atoms with Crippen molar-refractivity contribution in [3.8, 4) is 0 Å². The number of rotatable bonds is 5. The molecule has 0 aromatic rings. The molecule has 0 aromatic carbocycles. The maximum atomic E-state index is 14.1. The maximum Gasteiger partial charge on any atom is 0.137 e. The van der Waals surface area contributed by atoms with E-state index in [1.165, 1.54) is 18.4 Å². The van der Waals surface area contributed by atoms with Crippen molar-refractivity contribution < 1.29 is 14.6 Å². The van der Waals surface area contributed by atoms with Crippen molar-refractivity contribution in [2.75, 3.05) is 7.11 Å². The zero-order valence-corrected chi connectivity index (χ0v) is 23.6. The van der Waals surface area contributed by atoms with Crippen molar-refractivity contribution in [1.29, 1.82) is 0 Å². The van der Waals surface area contributed by atoms with Crippen LogP contribution in [0.1, 0.15) is 113 Å². The summed E-state index contributed by atoms with van der Waals surface area (Å²) in [4.78, 5) is 14.1. The summed E-state index contributed by atoms with van der Waals surface area (Å²) in [7, 11) is 1.87. The van der Waals surface area contributed by atoms with Crippen LogP contribution >= 0.6 is 0 Å². The van der Waals surface area contributed by atoms with Crippen molar-refractivity contribution in [2.24, 2.45) is 45.3 Å². The molecule has 0 heterocycles. The summed E-state index contributed by atoms with van der Waals surface area (Å²) in [5.41, 5.74) is 0.960. The van der Waals surface area contributed by atoms with E-state index in [-0.39, 0.29) is 33.5 Å². The van der Waals surface area contributed by atoms with Crippen LogP contribution in [-0.4, -0.2) is 29.7 Å². The number of Topliss-reactive ketones (excluding diaryl/α,β-unsaturated/α-hetero) is 1. The fourth-order valence-electron chi connectivity index (χ4n) is 10.4. The van der Waals surface area contributed by atoms with Crippen molar-refractivity contribution in [3.05, 3.63) is 11.6 Å². The summed E-state index contributed by atoms with van der Waals surface area (Å²) in [6.07, 6.45) is 11.6. The van der Waals surface area contributed by atoms with Crippen molar-refractivity contribution in [3.63, 3.8) is 0 Å². The molecule has 9 atom stereocenters. The van der Waals surface area contributed by atoms with Gasteiger partial charge in [-0.15, -0.1) is 0 Å². The minimum absolute atomic E-state index is 0.000993. The third-order valence-electron chi connectivity index (χ3n) is 12.4. The SMILES string of the molecule is CO[C@H]1CC[C@@]2(C)C(CC[C@]3(C)C2CC(=O)C2C([C@@](C)(O)CCC=C(C)C)CC[C@]23C)C1(C)C. The number of allylic oxidation sites excluding steroid dienone is 2. The minimum atomic E-state index is -0.785. The van der Waals surface area contributed by atoms with Gasteiger partial charge in [-0.1, -0.05) is 46.3 Å². The number of ether oxygens (including phenoxy) is 1. The molecule has 1 N–H and O–H groups in total. The van der Waals surface area contributed by atoms with Crippen LogP contribution in [0.25, 0.3) is 0 Å². The summed E-state index contributed by atoms with van der Waals surface area (Å²) < 4.78 is 5.97. The summed E-state index contributed by atoms with van der Waals surface area (Å²) in [6, 6.07) is 0. The largest absolute Gasteiger partial charge is 0.390 e. The van der Waals surface area contributed by atoms with E-state index >= 15 is 0 Å². The number of carbonyl (C=O) groups excluding carboxylic acids is 1. The molecule has 0 bridgehead atoms. The Morgan fingerprint density at radius 2 is 1.68 bits per heavy atom. The molecule has 0 radical (unpaired) electrons. The first-order valence-electron chi connectivity index (χ1n) is 14.1. The van der Waals surface area contributed by atoms with Crippen LogP contribution in [0.4, 0.5) is 0 Å². The van der Waals surface area contributed by atoms with Gasteiger partial charge in [0, 0.05) is 19.4 Å². The summed E-state index contributed by atoms with van der Waals surface area (Å²) in [5.74, 6) is 1.55. The lowest BCUT2D eigenvalue weighted by Crippen LogP contribution is -2.66. The molecule has 4 unspecified atom stereocenters. The van der Waals surface area contributed by atoms with E-state index in [1.807, 2.05) is 14.0 Å². The highest BCUT2D eigenvalue weighted by molar-refractivity contribution is 5.84. The zero-order chi connectivity index (χ0) is 25.3. The second kappa shape index (κ2) is 8.44. The number of methoxy groups -OCH3 is 1. The molecule has 34 heavy (non-hydrogen) atoms. The lowest BCUT2D eigenvalue weighted by atomic mass is 9.35. The molecule has 0 aromatic heterocycles. The lowest BCUT2D eigenvalue weighted by Gasteiger charge is -2.69. The first-order valence-corrected chi connectivity index (χ1v) is 14.1. The van der Waals surface area contributed by atoms with Gasteiger partial charge in [0.25, 0.3) is 0 Å². The highest BCUT2D eigenvalue weighted by Crippen LogP contribution is 2.75. The van der Waals surface area contributed by atoms with E-state index in [0.717, 1.165) is 38.5 Å². The molecular formula is C31H52O3. The van der Waals surface area contributed by atoms with Crippen molar-refractivity contribution in [1.82, 2.24) is 0 Å². The maximum absolute atomic E-state index is 14.1. The van der Waals surface area contributed by atoms with Gasteiger partial charge in [0.05, 0.1) is 11.7 Å². The lowest BCUT2D eigenvalue weighted by molar-refractivity contribution is -0.223. The highest BCUT2D eigenvalue weighted by atomic mass is 16.5. The Morgan fingerprint density at radius 1 is 1.03 bits per heavy atom. The Kier molecular flexibility index (Phi) is 6.55. The van der Waals surface area contributed by atoms with Gasteiger partial charge >= 0.3 is 0 Å². The first-order chi connectivity index (χ1) is 15.6. The molecule has 4 aliphatic rings. The number of carbonyl (C=O) groups is 1. The molecule has 0 spiro atoms. The molecular weight excluding hydrogens is 420 g/mol. The molecule has 0 aliphatic heterocycles. The van der Waals surface area contributed by atoms with Gasteiger partial charge in [-0.2, -0.15) is 0 Å². The fraction of sp³-hybridized carbons (Fsp3) is 0.903. The molecule has 0 saturated heterocycles. The average Bonchev–Trinajstić information content (AvgIpc) is 3.10. The Morgan fingerprint density at radius 3 is 2.29 bits per heavy atom. The smallest absolute Gasteiger partial charge is 0.137 e. The van der Waals surface area contributed by atoms with Crippen LogP contribution in [0.3, 0.4) is 0 Å². The molecule has 4 aliphatic carbocycles. The summed E-state index contributed by atoms with van der Waals surface area (Å²) >= 11 is 0. The van der Waals surface area contributed by atoms with Crippen LogP contribution < -0.4 is 0 Å². The quantitative estimate of drug-likeness (QED) is 0.425. The Bertz CT molecular complexity index is 836. The Labute approximate surface area is 209 Å². The van der Waals surface area contributed by atoms with Gasteiger partial charge in [-0.05, 0) is 112 Å². The van der Waals surface area contributed by atoms with E-state index in [9.17, 15) is 9.90 Å². The zero-order valence-electron chi connectivity index (χ0n) is 23.6. The number of hydrogen-bond donors (Lipinski definition) is 1. The van der Waals surface area contributed by atoms with Crippen molar-refractivity contribution in [2.45, 2.75) is 125 Å². The second-order valence-corrected chi connectivity index (χ2v) is 14.5. The summed E-state index contributed by atoms with van der Waals surface area (Å²) in [5, 5.41) is 11.6. The third-order valence-corrected chi connectivity index (χ3v) is 12.4. The van der Waals surface area contributed by atoms with E-state index in [4.69, 9.17) is 4.74 Å². The van der Waals surface area contributed by atoms with Crippen LogP contribution in [0, 0.1) is 45.3 Å². The number of hydrogen-bond acceptors (Lipinski definition) is 3. The molecule has 0 amide bonds. The number of aliphatic hydroxyl groups is 1. The van der Waals surface area contributed by atoms with Gasteiger partial charge in [0.2, 0.25) is 0 Å². The topological polar surface area (TPSA) is 46.5 Å². The fourth-order valence-corrected chi connectivity index (χ4v) is 10.4. The van der Waals surface area contributed by atoms with E-state index in [0.29, 0.717) is 30.1 Å². The molecule has 3 heteroatoms. The number of ketones is 1. The first kappa shape index (κ1) is 26.4. The highest BCUT2D eigenvalue weighted by Gasteiger charge is 2.71. The van der Waals surface area contributed by atoms with E-state index in [1.54, 1.807) is 0 Å². The average molecular weight is 473 g/mol. The van der Waals surface area contributed by atoms with Crippen LogP contribution in [-0.2, 0) is 9.53 Å². The van der Waals surface area contributed by atoms with Crippen LogP contribution in [0.2, 0.25) is 0 Å². The molecule has 194 valence electrons. The van der Waals surface area contributed by atoms with Gasteiger partial charge in [-0.3, -0.25) is 4.79 Å². The second-order valence-electron chi connectivity index (χ2n) is 14.5. The number of fused-ring (bicyclic) bond motifs is 5. The third kappa shape index (κ3) is 3.61. The predicted molar refractivity (Wildman–Crippen MR) is 139 cm³/mol. The molecule has 3 nitrogen and oxygen atoms in total. The predicted octanol–water partition coefficient (Wildman–Crippen LogP) is 7.36. The molecule has 4 rings (SSSR count). The normalized spacial score (nSPS) is 47.2. The van der Waals surface area contributed by atoms with Gasteiger partial charge < -0.3 is 9.84 Å². The monoisotopic (exact) mass is 472 g/mol. The van der Waals surface area contributed by atoms with Gasteiger partial charge in [-0.25, -0.2) is 0 Å². The van der Waals surface area contributed by atoms with Crippen LogP contribution in [0.5, 0.6) is 0 Å². The standard InChI is InChI=1S/C31H52O3/c1-20(2)11-10-15-31(8,33)21-12-17-30(7)26(21)22(32)19-24-28(5)16-14-25(34-9)27(3,4)23(28)13-18-29(24,30)6/h11,21,23-26,33H,10,12-19H2,1-9H3/t21?,23?,24?,25-,26?,28-,29+,30+,31-/m0/s1. The van der Waals surface area contributed by atoms with E-state index < -0.39 is 5.60 Å². The molecule has 4 saturated carbocycles. The van der Waals surface area contributed by atoms with Crippen LogP contribution in [0.15, 0.2) is 11.6 Å². The Balaban J connectivity index is 1.66. The summed E-state index contributed by atoms with van der Waals surface area (Å²) in [6.45, 7) is 18.6. The van der Waals surface area contributed by atoms with Gasteiger partial charge in [0.1, 0.15) is 5.78 Å². The minimum Gasteiger partial charge on any atom is -0.390 e.